The first-order valence-corrected chi connectivity index (χ1v) is 5.72. The molecule has 1 aliphatic rings. The Balaban J connectivity index is 2.49. The number of aromatic nitrogens is 2. The Morgan fingerprint density at radius 2 is 2.40 bits per heavy atom. The van der Waals surface area contributed by atoms with E-state index < -0.39 is 35.4 Å². The fourth-order valence-electron chi connectivity index (χ4n) is 2.26. The molecule has 1 saturated heterocycles. The number of nitrogens with zero attached hydrogens (tertiary/aromatic N) is 4. The number of H-pyrrole nitrogens is 1. The summed E-state index contributed by atoms with van der Waals surface area (Å²) >= 11 is 0. The molecule has 0 aromatic carbocycles. The van der Waals surface area contributed by atoms with Gasteiger partial charge in [-0.2, -0.15) is 0 Å². The second-order valence-corrected chi connectivity index (χ2v) is 4.82. The molecule has 2 rings (SSSR count). The predicted molar refractivity (Wildman–Crippen MR) is 65.6 cm³/mol. The number of rotatable bonds is 3. The van der Waals surface area contributed by atoms with Crippen LogP contribution in [-0.4, -0.2) is 37.7 Å². The van der Waals surface area contributed by atoms with Crippen LogP contribution in [0.2, 0.25) is 0 Å². The fourth-order valence-corrected chi connectivity index (χ4v) is 2.26. The number of hydrogen-bond acceptors (Lipinski definition) is 6. The quantitative estimate of drug-likeness (QED) is 0.376. The van der Waals surface area contributed by atoms with Gasteiger partial charge in [-0.25, -0.2) is 4.79 Å². The van der Waals surface area contributed by atoms with Gasteiger partial charge in [0, 0.05) is 23.6 Å². The molecule has 0 aliphatic carbocycles. The summed E-state index contributed by atoms with van der Waals surface area (Å²) in [5.41, 5.74) is 3.92. The van der Waals surface area contributed by atoms with Crippen molar-refractivity contribution >= 4 is 0 Å². The average molecular weight is 283 g/mol. The molecule has 1 aromatic rings. The Labute approximate surface area is 111 Å². The van der Waals surface area contributed by atoms with Gasteiger partial charge in [0.05, 0.1) is 6.61 Å². The smallest absolute Gasteiger partial charge is 0.330 e. The van der Waals surface area contributed by atoms with Crippen molar-refractivity contribution in [3.8, 4) is 0 Å². The van der Waals surface area contributed by atoms with Crippen molar-refractivity contribution in [1.82, 2.24) is 9.55 Å². The van der Waals surface area contributed by atoms with E-state index in [0.29, 0.717) is 0 Å². The first-order valence-electron chi connectivity index (χ1n) is 5.72. The van der Waals surface area contributed by atoms with Gasteiger partial charge in [0.25, 0.3) is 5.56 Å². The molecular formula is C10H13N5O5. The van der Waals surface area contributed by atoms with Crippen molar-refractivity contribution in [1.29, 1.82) is 0 Å². The van der Waals surface area contributed by atoms with Gasteiger partial charge in [-0.1, -0.05) is 5.11 Å². The third-order valence-electron chi connectivity index (χ3n) is 3.07. The first kappa shape index (κ1) is 14.3. The van der Waals surface area contributed by atoms with Crippen LogP contribution in [0.3, 0.4) is 0 Å². The van der Waals surface area contributed by atoms with E-state index in [2.05, 4.69) is 10.0 Å². The van der Waals surface area contributed by atoms with E-state index in [1.54, 1.807) is 0 Å². The molecule has 0 spiro atoms. The molecule has 3 N–H and O–H groups in total. The highest BCUT2D eigenvalue weighted by Gasteiger charge is 2.53. The molecule has 2 heterocycles. The number of azide groups is 1. The molecule has 0 radical (unpaired) electrons. The summed E-state index contributed by atoms with van der Waals surface area (Å²) in [5, 5.41) is 23.0. The molecule has 1 aromatic heterocycles. The Morgan fingerprint density at radius 1 is 1.70 bits per heavy atom. The lowest BCUT2D eigenvalue weighted by molar-refractivity contribution is -0.124. The van der Waals surface area contributed by atoms with Gasteiger partial charge in [-0.05, 0) is 12.5 Å². The van der Waals surface area contributed by atoms with Gasteiger partial charge in [0.2, 0.25) is 0 Å². The highest BCUT2D eigenvalue weighted by molar-refractivity contribution is 5.00. The van der Waals surface area contributed by atoms with Crippen LogP contribution in [0.25, 0.3) is 10.4 Å². The van der Waals surface area contributed by atoms with E-state index >= 15 is 0 Å². The summed E-state index contributed by atoms with van der Waals surface area (Å²) in [7, 11) is 0. The first-order chi connectivity index (χ1) is 9.33. The van der Waals surface area contributed by atoms with Crippen molar-refractivity contribution in [2.24, 2.45) is 5.11 Å². The molecular weight excluding hydrogens is 270 g/mol. The highest BCUT2D eigenvalue weighted by Crippen LogP contribution is 2.43. The minimum Gasteiger partial charge on any atom is -0.393 e. The zero-order valence-electron chi connectivity index (χ0n) is 10.6. The highest BCUT2D eigenvalue weighted by atomic mass is 16.6. The standard InChI is InChI=1S/C10H13N5O5/c1-9(19)4-10(5-16,13-14-11)20-7(9)15-3-2-6(17)12-8(15)18/h2-3,7,16,19H,4-5H2,1H3,(H,12,17,18)/t7-,9-,10+/m0/s1. The van der Waals surface area contributed by atoms with E-state index in [1.165, 1.54) is 6.92 Å². The summed E-state index contributed by atoms with van der Waals surface area (Å²) in [6, 6.07) is 1.09. The predicted octanol–water partition coefficient (Wildman–Crippen LogP) is -0.795. The van der Waals surface area contributed by atoms with E-state index in [9.17, 15) is 19.8 Å². The maximum atomic E-state index is 11.7. The van der Waals surface area contributed by atoms with Crippen LogP contribution >= 0.6 is 0 Å². The third-order valence-corrected chi connectivity index (χ3v) is 3.07. The van der Waals surface area contributed by atoms with Crippen LogP contribution < -0.4 is 11.2 Å². The summed E-state index contributed by atoms with van der Waals surface area (Å²) in [6.07, 6.45) is -0.245. The molecule has 108 valence electrons. The van der Waals surface area contributed by atoms with Crippen molar-refractivity contribution < 1.29 is 14.9 Å². The summed E-state index contributed by atoms with van der Waals surface area (Å²) < 4.78 is 6.35. The van der Waals surface area contributed by atoms with Gasteiger partial charge >= 0.3 is 5.69 Å². The number of aliphatic hydroxyl groups is 2. The topological polar surface area (TPSA) is 153 Å². The maximum absolute atomic E-state index is 11.7. The second-order valence-electron chi connectivity index (χ2n) is 4.82. The number of ether oxygens (including phenoxy) is 1. The maximum Gasteiger partial charge on any atom is 0.330 e. The van der Waals surface area contributed by atoms with Crippen LogP contribution in [0.5, 0.6) is 0 Å². The Kier molecular flexibility index (Phi) is 3.40. The Hall–Kier alpha value is -2.13. The average Bonchev–Trinajstić information content (AvgIpc) is 2.62. The Morgan fingerprint density at radius 3 is 2.95 bits per heavy atom. The summed E-state index contributed by atoms with van der Waals surface area (Å²) in [6.45, 7) is 0.724. The number of aliphatic hydroxyl groups excluding tert-OH is 1. The molecule has 10 heteroatoms. The Bertz CT molecular complexity index is 673. The van der Waals surface area contributed by atoms with Gasteiger partial charge in [-0.3, -0.25) is 14.3 Å². The van der Waals surface area contributed by atoms with Crippen molar-refractivity contribution in [2.45, 2.75) is 30.9 Å². The fraction of sp³-hybridized carbons (Fsp3) is 0.600. The van der Waals surface area contributed by atoms with Gasteiger partial charge < -0.3 is 14.9 Å². The molecule has 0 unspecified atom stereocenters. The third kappa shape index (κ3) is 2.32. The van der Waals surface area contributed by atoms with Crippen LogP contribution in [0.15, 0.2) is 27.0 Å². The lowest BCUT2D eigenvalue weighted by Crippen LogP contribution is -2.40. The molecule has 3 atom stereocenters. The summed E-state index contributed by atoms with van der Waals surface area (Å²) in [5.74, 6) is 0. The van der Waals surface area contributed by atoms with Crippen LogP contribution in [-0.2, 0) is 4.74 Å². The van der Waals surface area contributed by atoms with Crippen molar-refractivity contribution in [3.63, 3.8) is 0 Å². The van der Waals surface area contributed by atoms with E-state index in [1.807, 2.05) is 4.98 Å². The van der Waals surface area contributed by atoms with Gasteiger partial charge in [0.15, 0.2) is 12.0 Å². The largest absolute Gasteiger partial charge is 0.393 e. The van der Waals surface area contributed by atoms with Gasteiger partial charge in [-0.15, -0.1) is 0 Å². The lowest BCUT2D eigenvalue weighted by atomic mass is 9.97. The molecule has 1 aliphatic heterocycles. The molecule has 0 bridgehead atoms. The zero-order chi connectivity index (χ0) is 15.0. The molecule has 0 saturated carbocycles. The van der Waals surface area contributed by atoms with E-state index in [4.69, 9.17) is 10.3 Å². The van der Waals surface area contributed by atoms with Crippen molar-refractivity contribution in [3.05, 3.63) is 43.5 Å². The molecule has 0 amide bonds. The van der Waals surface area contributed by atoms with Crippen LogP contribution in [0, 0.1) is 0 Å². The lowest BCUT2D eigenvalue weighted by Gasteiger charge is -2.25. The van der Waals surface area contributed by atoms with Crippen LogP contribution in [0.1, 0.15) is 19.6 Å². The minimum absolute atomic E-state index is 0.198. The molecule has 20 heavy (non-hydrogen) atoms. The van der Waals surface area contributed by atoms with Gasteiger partial charge in [0.1, 0.15) is 5.60 Å². The molecule has 1 fully saturated rings. The second kappa shape index (κ2) is 4.76. The monoisotopic (exact) mass is 283 g/mol. The van der Waals surface area contributed by atoms with E-state index in [-0.39, 0.29) is 6.42 Å². The normalized spacial score (nSPS) is 32.9. The van der Waals surface area contributed by atoms with Crippen LogP contribution in [0.4, 0.5) is 0 Å². The van der Waals surface area contributed by atoms with Crippen molar-refractivity contribution in [2.75, 3.05) is 6.61 Å². The number of aromatic amines is 1. The number of nitrogens with one attached hydrogen (secondary N) is 1. The number of hydrogen-bond donors (Lipinski definition) is 3. The molecule has 10 nitrogen and oxygen atoms in total. The van der Waals surface area contributed by atoms with E-state index in [0.717, 1.165) is 16.8 Å². The minimum atomic E-state index is -1.65. The summed E-state index contributed by atoms with van der Waals surface area (Å²) in [4.78, 5) is 27.3. The SMILES string of the molecule is C[C@]1(O)C[C@@](CO)(N=[N+]=[N-])O[C@@H]1n1ccc(=O)[nH]c1=O. The zero-order valence-corrected chi connectivity index (χ0v) is 10.6.